The van der Waals surface area contributed by atoms with Crippen molar-refractivity contribution in [2.24, 2.45) is 0 Å². The van der Waals surface area contributed by atoms with E-state index in [0.717, 1.165) is 32.2 Å². The van der Waals surface area contributed by atoms with E-state index in [1.165, 1.54) is 11.3 Å². The quantitative estimate of drug-likeness (QED) is 0.732. The lowest BCUT2D eigenvalue weighted by Crippen LogP contribution is -2.44. The lowest BCUT2D eigenvalue weighted by molar-refractivity contribution is 0.0590. The summed E-state index contributed by atoms with van der Waals surface area (Å²) in [5.74, 6) is 0.640. The van der Waals surface area contributed by atoms with Crippen molar-refractivity contribution in [3.05, 3.63) is 46.7 Å². The molecule has 7 heteroatoms. The predicted molar refractivity (Wildman–Crippen MR) is 92.1 cm³/mol. The maximum atomic E-state index is 12.9. The summed E-state index contributed by atoms with van der Waals surface area (Å²) in [6, 6.07) is 6.29. The molecular formula is C17H19N5OS. The van der Waals surface area contributed by atoms with E-state index in [4.69, 9.17) is 0 Å². The van der Waals surface area contributed by atoms with Gasteiger partial charge in [-0.05, 0) is 49.6 Å². The molecule has 124 valence electrons. The molecule has 4 rings (SSSR count). The van der Waals surface area contributed by atoms with E-state index in [9.17, 15) is 4.79 Å². The molecule has 0 aromatic carbocycles. The van der Waals surface area contributed by atoms with Crippen molar-refractivity contribution >= 4 is 23.0 Å². The summed E-state index contributed by atoms with van der Waals surface area (Å²) in [4.78, 5) is 24.7. The standard InChI is InChI=1S/C17H19N5OS/c23-16(15-19-17-18-9-4-11-22(17)20-15)21-10-2-1-5-13(21)7-8-14-6-3-12-24-14/h3-4,6,9,11-13H,1-2,5,7-8,10H2. The van der Waals surface area contributed by atoms with Crippen molar-refractivity contribution in [2.45, 2.75) is 38.1 Å². The van der Waals surface area contributed by atoms with Crippen LogP contribution in [0.2, 0.25) is 0 Å². The van der Waals surface area contributed by atoms with Crippen LogP contribution in [0.25, 0.3) is 5.78 Å². The number of hydrogen-bond donors (Lipinski definition) is 0. The van der Waals surface area contributed by atoms with E-state index in [1.807, 2.05) is 4.90 Å². The lowest BCUT2D eigenvalue weighted by Gasteiger charge is -2.35. The van der Waals surface area contributed by atoms with Gasteiger partial charge in [0.25, 0.3) is 11.7 Å². The number of aryl methyl sites for hydroxylation is 1. The van der Waals surface area contributed by atoms with Crippen molar-refractivity contribution in [3.8, 4) is 0 Å². The van der Waals surface area contributed by atoms with Gasteiger partial charge in [0.15, 0.2) is 0 Å². The molecule has 1 amide bonds. The lowest BCUT2D eigenvalue weighted by atomic mass is 9.97. The Morgan fingerprint density at radius 3 is 3.12 bits per heavy atom. The molecule has 1 saturated heterocycles. The molecule has 0 saturated carbocycles. The molecule has 3 aromatic heterocycles. The van der Waals surface area contributed by atoms with Crippen molar-refractivity contribution in [2.75, 3.05) is 6.54 Å². The van der Waals surface area contributed by atoms with E-state index in [0.29, 0.717) is 5.78 Å². The largest absolute Gasteiger partial charge is 0.333 e. The average molecular weight is 341 g/mol. The van der Waals surface area contributed by atoms with Crippen molar-refractivity contribution < 1.29 is 4.79 Å². The number of carbonyl (C=O) groups excluding carboxylic acids is 1. The normalized spacial score (nSPS) is 18.2. The monoisotopic (exact) mass is 341 g/mol. The van der Waals surface area contributed by atoms with Gasteiger partial charge in [0, 0.05) is 29.9 Å². The molecule has 1 atom stereocenters. The maximum Gasteiger partial charge on any atom is 0.293 e. The number of fused-ring (bicyclic) bond motifs is 1. The number of likely N-dealkylation sites (tertiary alicyclic amines) is 1. The van der Waals surface area contributed by atoms with Crippen LogP contribution < -0.4 is 0 Å². The van der Waals surface area contributed by atoms with Gasteiger partial charge in [0.2, 0.25) is 5.82 Å². The summed E-state index contributed by atoms with van der Waals surface area (Å²) in [6.45, 7) is 0.789. The number of nitrogens with zero attached hydrogens (tertiary/aromatic N) is 5. The number of aromatic nitrogens is 4. The van der Waals surface area contributed by atoms with E-state index >= 15 is 0 Å². The zero-order valence-corrected chi connectivity index (χ0v) is 14.2. The Balaban J connectivity index is 1.51. The highest BCUT2D eigenvalue weighted by atomic mass is 32.1. The Labute approximate surface area is 144 Å². The first-order valence-corrected chi connectivity index (χ1v) is 9.20. The minimum atomic E-state index is -0.0728. The van der Waals surface area contributed by atoms with Gasteiger partial charge in [0.1, 0.15) is 0 Å². The topological polar surface area (TPSA) is 63.4 Å². The summed E-state index contributed by atoms with van der Waals surface area (Å²) in [5, 5.41) is 6.39. The SMILES string of the molecule is O=C(c1nc2ncccn2n1)N1CCCCC1CCc1cccs1. The van der Waals surface area contributed by atoms with Crippen LogP contribution in [-0.2, 0) is 6.42 Å². The van der Waals surface area contributed by atoms with Crippen LogP contribution in [0, 0.1) is 0 Å². The van der Waals surface area contributed by atoms with Gasteiger partial charge in [-0.25, -0.2) is 9.50 Å². The van der Waals surface area contributed by atoms with Gasteiger partial charge in [-0.15, -0.1) is 16.4 Å². The first kappa shape index (κ1) is 15.3. The number of piperidine rings is 1. The van der Waals surface area contributed by atoms with Crippen LogP contribution in [0.5, 0.6) is 0 Å². The highest BCUT2D eigenvalue weighted by molar-refractivity contribution is 7.09. The zero-order valence-electron chi connectivity index (χ0n) is 13.3. The number of rotatable bonds is 4. The maximum absolute atomic E-state index is 12.9. The van der Waals surface area contributed by atoms with Gasteiger partial charge in [0.05, 0.1) is 0 Å². The molecule has 0 radical (unpaired) electrons. The van der Waals surface area contributed by atoms with Gasteiger partial charge in [-0.2, -0.15) is 4.98 Å². The van der Waals surface area contributed by atoms with Crippen LogP contribution in [0.15, 0.2) is 36.0 Å². The Hall–Kier alpha value is -2.28. The summed E-state index contributed by atoms with van der Waals surface area (Å²) in [5.41, 5.74) is 0. The molecule has 1 fully saturated rings. The molecule has 0 bridgehead atoms. The van der Waals surface area contributed by atoms with Crippen LogP contribution in [0.1, 0.15) is 41.2 Å². The van der Waals surface area contributed by atoms with Gasteiger partial charge in [-0.3, -0.25) is 4.79 Å². The summed E-state index contributed by atoms with van der Waals surface area (Å²) < 4.78 is 1.55. The van der Waals surface area contributed by atoms with Crippen molar-refractivity contribution in [1.82, 2.24) is 24.5 Å². The van der Waals surface area contributed by atoms with Crippen LogP contribution in [-0.4, -0.2) is 43.0 Å². The molecule has 24 heavy (non-hydrogen) atoms. The molecule has 3 aromatic rings. The fourth-order valence-corrected chi connectivity index (χ4v) is 4.01. The van der Waals surface area contributed by atoms with Crippen molar-refractivity contribution in [3.63, 3.8) is 0 Å². The average Bonchev–Trinajstić information content (AvgIpc) is 3.29. The van der Waals surface area contributed by atoms with Crippen LogP contribution in [0.3, 0.4) is 0 Å². The predicted octanol–water partition coefficient (Wildman–Crippen LogP) is 2.81. The second kappa shape index (κ2) is 6.68. The first-order chi connectivity index (χ1) is 11.8. The van der Waals surface area contributed by atoms with E-state index in [1.54, 1.807) is 34.3 Å². The molecule has 1 aliphatic rings. The second-order valence-electron chi connectivity index (χ2n) is 6.07. The van der Waals surface area contributed by atoms with Crippen LogP contribution in [0.4, 0.5) is 0 Å². The Morgan fingerprint density at radius 2 is 2.29 bits per heavy atom. The number of hydrogen-bond acceptors (Lipinski definition) is 5. The van der Waals surface area contributed by atoms with E-state index < -0.39 is 0 Å². The molecule has 1 aliphatic heterocycles. The van der Waals surface area contributed by atoms with Gasteiger partial charge >= 0.3 is 0 Å². The minimum Gasteiger partial charge on any atom is -0.333 e. The number of carbonyl (C=O) groups is 1. The molecule has 0 N–H and O–H groups in total. The zero-order chi connectivity index (χ0) is 16.4. The fourth-order valence-electron chi connectivity index (χ4n) is 3.28. The summed E-state index contributed by atoms with van der Waals surface area (Å²) >= 11 is 1.78. The number of amides is 1. The fraction of sp³-hybridized carbons (Fsp3) is 0.412. The summed E-state index contributed by atoms with van der Waals surface area (Å²) in [7, 11) is 0. The first-order valence-electron chi connectivity index (χ1n) is 8.32. The molecule has 6 nitrogen and oxygen atoms in total. The molecule has 0 aliphatic carbocycles. The van der Waals surface area contributed by atoms with Gasteiger partial charge in [-0.1, -0.05) is 6.07 Å². The third-order valence-electron chi connectivity index (χ3n) is 4.50. The third-order valence-corrected chi connectivity index (χ3v) is 5.44. The highest BCUT2D eigenvalue weighted by Crippen LogP contribution is 2.24. The Kier molecular flexibility index (Phi) is 4.25. The Bertz CT molecular complexity index is 796. The van der Waals surface area contributed by atoms with Crippen LogP contribution >= 0.6 is 11.3 Å². The summed E-state index contributed by atoms with van der Waals surface area (Å²) in [6.07, 6.45) is 8.72. The molecule has 0 spiro atoms. The highest BCUT2D eigenvalue weighted by Gasteiger charge is 2.29. The van der Waals surface area contributed by atoms with E-state index in [-0.39, 0.29) is 17.8 Å². The minimum absolute atomic E-state index is 0.0728. The second-order valence-corrected chi connectivity index (χ2v) is 7.10. The smallest absolute Gasteiger partial charge is 0.293 e. The number of thiophene rings is 1. The van der Waals surface area contributed by atoms with E-state index in [2.05, 4.69) is 32.6 Å². The molecule has 1 unspecified atom stereocenters. The third kappa shape index (κ3) is 3.03. The van der Waals surface area contributed by atoms with Gasteiger partial charge < -0.3 is 4.90 Å². The molecule has 4 heterocycles. The molecular weight excluding hydrogens is 322 g/mol. The van der Waals surface area contributed by atoms with Crippen molar-refractivity contribution in [1.29, 1.82) is 0 Å². The Morgan fingerprint density at radius 1 is 1.33 bits per heavy atom.